The van der Waals surface area contributed by atoms with E-state index in [9.17, 15) is 9.90 Å². The first-order valence-electron chi connectivity index (χ1n) is 9.74. The van der Waals surface area contributed by atoms with E-state index in [0.29, 0.717) is 11.9 Å². The summed E-state index contributed by atoms with van der Waals surface area (Å²) in [5.74, 6) is 1.35. The molecular formula is C20H29N3O2. The van der Waals surface area contributed by atoms with Gasteiger partial charge in [-0.05, 0) is 63.5 Å². The predicted molar refractivity (Wildman–Crippen MR) is 97.4 cm³/mol. The molecule has 0 aromatic carbocycles. The van der Waals surface area contributed by atoms with Crippen molar-refractivity contribution in [2.75, 3.05) is 24.5 Å². The van der Waals surface area contributed by atoms with Crippen LogP contribution < -0.4 is 4.90 Å². The van der Waals surface area contributed by atoms with Gasteiger partial charge < -0.3 is 14.9 Å². The van der Waals surface area contributed by atoms with Crippen molar-refractivity contribution in [3.63, 3.8) is 0 Å². The Kier molecular flexibility index (Phi) is 4.44. The number of pyridine rings is 1. The molecule has 25 heavy (non-hydrogen) atoms. The van der Waals surface area contributed by atoms with Crippen LogP contribution in [0.25, 0.3) is 0 Å². The monoisotopic (exact) mass is 343 g/mol. The van der Waals surface area contributed by atoms with Gasteiger partial charge >= 0.3 is 0 Å². The number of aliphatic hydroxyl groups excluding tert-OH is 1. The Morgan fingerprint density at radius 1 is 1.16 bits per heavy atom. The summed E-state index contributed by atoms with van der Waals surface area (Å²) < 4.78 is 0. The second-order valence-electron chi connectivity index (χ2n) is 8.21. The molecule has 3 heterocycles. The molecule has 5 heteroatoms. The van der Waals surface area contributed by atoms with Crippen molar-refractivity contribution in [1.29, 1.82) is 0 Å². The number of aryl methyl sites for hydroxylation is 1. The molecule has 1 atom stereocenters. The summed E-state index contributed by atoms with van der Waals surface area (Å²) in [5, 5.41) is 9.74. The lowest BCUT2D eigenvalue weighted by Crippen LogP contribution is -2.50. The SMILES string of the molecule is Cc1ccc(N2CCC[C@@]3(CCN(C4CCC(O)CC4)C3=O)C2)nc1. The minimum absolute atomic E-state index is 0.166. The van der Waals surface area contributed by atoms with Crippen LogP contribution >= 0.6 is 0 Å². The number of carbonyl (C=O) groups is 1. The smallest absolute Gasteiger partial charge is 0.230 e. The van der Waals surface area contributed by atoms with Crippen LogP contribution in [0.1, 0.15) is 50.5 Å². The maximum atomic E-state index is 13.3. The normalized spacial score (nSPS) is 33.3. The van der Waals surface area contributed by atoms with Crippen molar-refractivity contribution in [3.05, 3.63) is 23.9 Å². The largest absolute Gasteiger partial charge is 0.393 e. The van der Waals surface area contributed by atoms with Crippen molar-refractivity contribution in [3.8, 4) is 0 Å². The Balaban J connectivity index is 1.48. The van der Waals surface area contributed by atoms with E-state index in [-0.39, 0.29) is 11.5 Å². The molecule has 2 aliphatic heterocycles. The minimum atomic E-state index is -0.221. The molecule has 136 valence electrons. The zero-order valence-electron chi connectivity index (χ0n) is 15.2. The quantitative estimate of drug-likeness (QED) is 0.896. The molecule has 1 N–H and O–H groups in total. The average Bonchev–Trinajstić information content (AvgIpc) is 2.93. The van der Waals surface area contributed by atoms with Crippen LogP contribution in [0.5, 0.6) is 0 Å². The Labute approximate surface area is 150 Å². The average molecular weight is 343 g/mol. The predicted octanol–water partition coefficient (Wildman–Crippen LogP) is 2.51. The molecule has 1 aromatic heterocycles. The molecule has 0 radical (unpaired) electrons. The summed E-state index contributed by atoms with van der Waals surface area (Å²) in [6, 6.07) is 4.51. The third-order valence-electron chi connectivity index (χ3n) is 6.45. The molecule has 0 unspecified atom stereocenters. The molecule has 0 bridgehead atoms. The van der Waals surface area contributed by atoms with E-state index in [4.69, 9.17) is 0 Å². The van der Waals surface area contributed by atoms with E-state index in [1.165, 1.54) is 0 Å². The zero-order chi connectivity index (χ0) is 17.4. The first kappa shape index (κ1) is 16.8. The maximum absolute atomic E-state index is 13.3. The van der Waals surface area contributed by atoms with Crippen LogP contribution in [0.15, 0.2) is 18.3 Å². The number of anilines is 1. The van der Waals surface area contributed by atoms with Gasteiger partial charge in [-0.1, -0.05) is 6.07 Å². The van der Waals surface area contributed by atoms with Gasteiger partial charge in [0.1, 0.15) is 5.82 Å². The van der Waals surface area contributed by atoms with E-state index in [2.05, 4.69) is 26.9 Å². The fourth-order valence-electron chi connectivity index (χ4n) is 4.92. The third-order valence-corrected chi connectivity index (χ3v) is 6.45. The number of carbonyl (C=O) groups excluding carboxylic acids is 1. The number of aromatic nitrogens is 1. The number of likely N-dealkylation sites (tertiary alicyclic amines) is 1. The van der Waals surface area contributed by atoms with Gasteiger partial charge in [-0.15, -0.1) is 0 Å². The second kappa shape index (κ2) is 6.60. The molecule has 1 aromatic rings. The van der Waals surface area contributed by atoms with E-state index < -0.39 is 0 Å². The number of hydrogen-bond acceptors (Lipinski definition) is 4. The molecule has 1 saturated carbocycles. The summed E-state index contributed by atoms with van der Waals surface area (Å²) in [4.78, 5) is 22.3. The first-order chi connectivity index (χ1) is 12.1. The van der Waals surface area contributed by atoms with Crippen molar-refractivity contribution >= 4 is 11.7 Å². The van der Waals surface area contributed by atoms with Crippen LogP contribution in [0.2, 0.25) is 0 Å². The lowest BCUT2D eigenvalue weighted by molar-refractivity contribution is -0.139. The number of rotatable bonds is 2. The van der Waals surface area contributed by atoms with Gasteiger partial charge in [0.25, 0.3) is 0 Å². The van der Waals surface area contributed by atoms with E-state index in [0.717, 1.165) is 76.0 Å². The topological polar surface area (TPSA) is 56.7 Å². The number of aliphatic hydroxyl groups is 1. The summed E-state index contributed by atoms with van der Waals surface area (Å²) in [5.41, 5.74) is 0.944. The number of hydrogen-bond donors (Lipinski definition) is 1. The van der Waals surface area contributed by atoms with Crippen LogP contribution in [-0.4, -0.2) is 52.7 Å². The molecule has 2 saturated heterocycles. The van der Waals surface area contributed by atoms with E-state index in [1.54, 1.807) is 0 Å². The summed E-state index contributed by atoms with van der Waals surface area (Å²) in [7, 11) is 0. The summed E-state index contributed by atoms with van der Waals surface area (Å²) >= 11 is 0. The highest BCUT2D eigenvalue weighted by molar-refractivity contribution is 5.86. The number of nitrogens with zero attached hydrogens (tertiary/aromatic N) is 3. The molecule has 3 fully saturated rings. The first-order valence-corrected chi connectivity index (χ1v) is 9.74. The molecule has 1 amide bonds. The fourth-order valence-corrected chi connectivity index (χ4v) is 4.92. The van der Waals surface area contributed by atoms with Gasteiger partial charge in [-0.3, -0.25) is 4.79 Å². The third kappa shape index (κ3) is 3.14. The van der Waals surface area contributed by atoms with Gasteiger partial charge in [-0.25, -0.2) is 4.98 Å². The van der Waals surface area contributed by atoms with Crippen LogP contribution in [-0.2, 0) is 4.79 Å². The van der Waals surface area contributed by atoms with Crippen molar-refractivity contribution in [2.45, 2.75) is 64.0 Å². The van der Waals surface area contributed by atoms with Crippen molar-refractivity contribution in [2.24, 2.45) is 5.41 Å². The summed E-state index contributed by atoms with van der Waals surface area (Å²) in [6.07, 6.45) is 8.33. The molecule has 4 rings (SSSR count). The van der Waals surface area contributed by atoms with Gasteiger partial charge in [-0.2, -0.15) is 0 Å². The highest BCUT2D eigenvalue weighted by Gasteiger charge is 2.50. The Morgan fingerprint density at radius 3 is 2.68 bits per heavy atom. The van der Waals surface area contributed by atoms with Gasteiger partial charge in [0.2, 0.25) is 5.91 Å². The maximum Gasteiger partial charge on any atom is 0.230 e. The second-order valence-corrected chi connectivity index (χ2v) is 8.21. The Morgan fingerprint density at radius 2 is 1.96 bits per heavy atom. The van der Waals surface area contributed by atoms with Crippen LogP contribution in [0, 0.1) is 12.3 Å². The standard InChI is InChI=1S/C20H29N3O2/c1-15-3-8-18(21-13-15)22-11-2-9-20(14-22)10-12-23(19(20)25)16-4-6-17(24)7-5-16/h3,8,13,16-17,24H,2,4-7,9-12,14H2,1H3/t16?,17?,20-/m1/s1. The van der Waals surface area contributed by atoms with Gasteiger partial charge in [0.05, 0.1) is 11.5 Å². The number of piperidine rings is 1. The number of amides is 1. The highest BCUT2D eigenvalue weighted by atomic mass is 16.3. The molecule has 3 aliphatic rings. The Bertz CT molecular complexity index is 624. The van der Waals surface area contributed by atoms with E-state index in [1.807, 2.05) is 13.1 Å². The highest BCUT2D eigenvalue weighted by Crippen LogP contribution is 2.43. The molecule has 1 spiro atoms. The van der Waals surface area contributed by atoms with Gasteiger partial charge in [0, 0.05) is 31.9 Å². The fraction of sp³-hybridized carbons (Fsp3) is 0.700. The minimum Gasteiger partial charge on any atom is -0.393 e. The van der Waals surface area contributed by atoms with Crippen molar-refractivity contribution < 1.29 is 9.90 Å². The molecule has 1 aliphatic carbocycles. The van der Waals surface area contributed by atoms with E-state index >= 15 is 0 Å². The lowest BCUT2D eigenvalue weighted by Gasteiger charge is -2.41. The molecule has 5 nitrogen and oxygen atoms in total. The Hall–Kier alpha value is -1.62. The lowest BCUT2D eigenvalue weighted by atomic mass is 9.78. The van der Waals surface area contributed by atoms with Crippen molar-refractivity contribution in [1.82, 2.24) is 9.88 Å². The molecular weight excluding hydrogens is 314 g/mol. The van der Waals surface area contributed by atoms with Gasteiger partial charge in [0.15, 0.2) is 0 Å². The summed E-state index contributed by atoms with van der Waals surface area (Å²) in [6.45, 7) is 4.72. The van der Waals surface area contributed by atoms with Crippen LogP contribution in [0.3, 0.4) is 0 Å². The zero-order valence-corrected chi connectivity index (χ0v) is 15.2. The van der Waals surface area contributed by atoms with Crippen LogP contribution in [0.4, 0.5) is 5.82 Å².